The number of morpholine rings is 1. The fourth-order valence-corrected chi connectivity index (χ4v) is 4.16. The predicted molar refractivity (Wildman–Crippen MR) is 71.1 cm³/mol. The minimum absolute atomic E-state index is 0.166. The van der Waals surface area contributed by atoms with Gasteiger partial charge in [0.1, 0.15) is 6.04 Å². The summed E-state index contributed by atoms with van der Waals surface area (Å²) in [6.07, 6.45) is 3.66. The van der Waals surface area contributed by atoms with Crippen LogP contribution < -0.4 is 0 Å². The molecule has 1 aliphatic carbocycles. The van der Waals surface area contributed by atoms with Gasteiger partial charge in [0.05, 0.1) is 12.7 Å². The number of fused-ring (bicyclic) bond motifs is 1. The van der Waals surface area contributed by atoms with Crippen LogP contribution in [-0.2, 0) is 9.53 Å². The maximum absolute atomic E-state index is 11.6. The summed E-state index contributed by atoms with van der Waals surface area (Å²) < 4.78 is 5.78. The maximum atomic E-state index is 11.6. The second kappa shape index (κ2) is 5.38. The second-order valence-electron chi connectivity index (χ2n) is 6.35. The summed E-state index contributed by atoms with van der Waals surface area (Å²) in [5.41, 5.74) is 0. The number of hydrogen-bond donors (Lipinski definition) is 1. The van der Waals surface area contributed by atoms with Crippen molar-refractivity contribution in [1.29, 1.82) is 0 Å². The molecule has 5 nitrogen and oxygen atoms in total. The van der Waals surface area contributed by atoms with Crippen molar-refractivity contribution < 1.29 is 14.6 Å². The molecule has 4 atom stereocenters. The van der Waals surface area contributed by atoms with E-state index in [1.54, 1.807) is 0 Å². The molecule has 0 aromatic heterocycles. The summed E-state index contributed by atoms with van der Waals surface area (Å²) in [5.74, 6) is 0.333. The molecule has 3 aliphatic rings. The molecule has 4 unspecified atom stereocenters. The van der Waals surface area contributed by atoms with Crippen molar-refractivity contribution in [1.82, 2.24) is 9.80 Å². The fraction of sp³-hybridized carbons (Fsp3) is 0.929. The zero-order valence-corrected chi connectivity index (χ0v) is 11.6. The van der Waals surface area contributed by atoms with Gasteiger partial charge in [-0.2, -0.15) is 0 Å². The quantitative estimate of drug-likeness (QED) is 0.808. The maximum Gasteiger partial charge on any atom is 0.321 e. The summed E-state index contributed by atoms with van der Waals surface area (Å²) in [6.45, 7) is 4.38. The zero-order chi connectivity index (χ0) is 13.4. The number of likely N-dealkylation sites (tertiary alicyclic amines) is 1. The van der Waals surface area contributed by atoms with Crippen LogP contribution in [-0.4, -0.2) is 72.9 Å². The highest BCUT2D eigenvalue weighted by atomic mass is 16.5. The number of carbonyl (C=O) groups is 1. The Bertz CT molecular complexity index is 350. The van der Waals surface area contributed by atoms with Crippen molar-refractivity contribution in [2.24, 2.45) is 11.8 Å². The topological polar surface area (TPSA) is 53.0 Å². The van der Waals surface area contributed by atoms with E-state index in [9.17, 15) is 9.90 Å². The minimum Gasteiger partial charge on any atom is -0.480 e. The van der Waals surface area contributed by atoms with Crippen LogP contribution in [0.3, 0.4) is 0 Å². The Labute approximate surface area is 114 Å². The molecule has 1 N–H and O–H groups in total. The fourth-order valence-electron chi connectivity index (χ4n) is 4.16. The third-order valence-corrected chi connectivity index (χ3v) is 5.02. The van der Waals surface area contributed by atoms with Gasteiger partial charge in [0.2, 0.25) is 0 Å². The molecule has 0 aromatic carbocycles. The van der Waals surface area contributed by atoms with Crippen molar-refractivity contribution in [2.75, 3.05) is 39.8 Å². The van der Waals surface area contributed by atoms with Gasteiger partial charge in [-0.1, -0.05) is 6.42 Å². The van der Waals surface area contributed by atoms with Crippen molar-refractivity contribution in [3.63, 3.8) is 0 Å². The van der Waals surface area contributed by atoms with E-state index < -0.39 is 5.97 Å². The third kappa shape index (κ3) is 2.64. The van der Waals surface area contributed by atoms with Crippen molar-refractivity contribution in [3.8, 4) is 0 Å². The van der Waals surface area contributed by atoms with Crippen LogP contribution in [0, 0.1) is 11.8 Å². The van der Waals surface area contributed by atoms with Crippen LogP contribution >= 0.6 is 0 Å². The Morgan fingerprint density at radius 1 is 1.37 bits per heavy atom. The smallest absolute Gasteiger partial charge is 0.321 e. The van der Waals surface area contributed by atoms with Gasteiger partial charge in [0, 0.05) is 26.2 Å². The molecule has 3 fully saturated rings. The van der Waals surface area contributed by atoms with E-state index in [1.807, 2.05) is 0 Å². The first-order valence-corrected chi connectivity index (χ1v) is 7.42. The lowest BCUT2D eigenvalue weighted by Gasteiger charge is -2.34. The van der Waals surface area contributed by atoms with E-state index in [2.05, 4.69) is 16.8 Å². The monoisotopic (exact) mass is 268 g/mol. The first-order valence-electron chi connectivity index (χ1n) is 7.42. The third-order valence-electron chi connectivity index (χ3n) is 5.02. The van der Waals surface area contributed by atoms with Crippen molar-refractivity contribution in [2.45, 2.75) is 31.4 Å². The molecule has 0 aromatic rings. The molecule has 19 heavy (non-hydrogen) atoms. The largest absolute Gasteiger partial charge is 0.480 e. The first kappa shape index (κ1) is 13.3. The van der Waals surface area contributed by atoms with Gasteiger partial charge in [0.15, 0.2) is 0 Å². The standard InChI is InChI=1S/C14H24N2O3/c1-15-5-6-19-11(8-15)9-16-7-10-3-2-4-12(10)13(16)14(17)18/h10-13H,2-9H2,1H3,(H,17,18). The molecule has 0 bridgehead atoms. The van der Waals surface area contributed by atoms with Crippen LogP contribution in [0.15, 0.2) is 0 Å². The molecule has 1 saturated carbocycles. The van der Waals surface area contributed by atoms with E-state index >= 15 is 0 Å². The molecule has 0 spiro atoms. The molecule has 3 rings (SSSR count). The normalized spacial score (nSPS) is 40.5. The second-order valence-corrected chi connectivity index (χ2v) is 6.35. The van der Waals surface area contributed by atoms with Crippen molar-refractivity contribution in [3.05, 3.63) is 0 Å². The van der Waals surface area contributed by atoms with Crippen LogP contribution in [0.25, 0.3) is 0 Å². The number of rotatable bonds is 3. The van der Waals surface area contributed by atoms with E-state index in [0.717, 1.165) is 39.2 Å². The zero-order valence-electron chi connectivity index (χ0n) is 11.6. The van der Waals surface area contributed by atoms with Gasteiger partial charge in [-0.15, -0.1) is 0 Å². The minimum atomic E-state index is -0.640. The van der Waals surface area contributed by atoms with E-state index in [0.29, 0.717) is 11.8 Å². The van der Waals surface area contributed by atoms with Gasteiger partial charge in [-0.25, -0.2) is 0 Å². The van der Waals surface area contributed by atoms with Crippen LogP contribution in [0.1, 0.15) is 19.3 Å². The van der Waals surface area contributed by atoms with Gasteiger partial charge >= 0.3 is 5.97 Å². The van der Waals surface area contributed by atoms with Crippen molar-refractivity contribution >= 4 is 5.97 Å². The van der Waals surface area contributed by atoms with Crippen LogP contribution in [0.5, 0.6) is 0 Å². The van der Waals surface area contributed by atoms with Gasteiger partial charge in [-0.05, 0) is 31.7 Å². The predicted octanol–water partition coefficient (Wildman–Crippen LogP) is 0.502. The molecule has 108 valence electrons. The highest BCUT2D eigenvalue weighted by molar-refractivity contribution is 5.74. The molecule has 0 amide bonds. The van der Waals surface area contributed by atoms with Crippen LogP contribution in [0.2, 0.25) is 0 Å². The number of hydrogen-bond acceptors (Lipinski definition) is 4. The number of ether oxygens (including phenoxy) is 1. The molecule has 2 heterocycles. The molecule has 0 radical (unpaired) electrons. The molecule has 2 aliphatic heterocycles. The van der Waals surface area contributed by atoms with E-state index in [-0.39, 0.29) is 12.1 Å². The Kier molecular flexibility index (Phi) is 3.78. The average molecular weight is 268 g/mol. The highest BCUT2D eigenvalue weighted by Crippen LogP contribution is 2.42. The lowest BCUT2D eigenvalue weighted by molar-refractivity contribution is -0.144. The SMILES string of the molecule is CN1CCOC(CN2CC3CCCC3C2C(=O)O)C1. The first-order chi connectivity index (χ1) is 9.15. The van der Waals surface area contributed by atoms with Gasteiger partial charge < -0.3 is 14.7 Å². The molecule has 5 heteroatoms. The molecular weight excluding hydrogens is 244 g/mol. The van der Waals surface area contributed by atoms with Gasteiger partial charge in [0.25, 0.3) is 0 Å². The summed E-state index contributed by atoms with van der Waals surface area (Å²) in [7, 11) is 2.10. The highest BCUT2D eigenvalue weighted by Gasteiger charge is 2.48. The Hall–Kier alpha value is -0.650. The Morgan fingerprint density at radius 3 is 2.95 bits per heavy atom. The number of likely N-dealkylation sites (N-methyl/N-ethyl adjacent to an activating group) is 1. The average Bonchev–Trinajstić information content (AvgIpc) is 2.88. The van der Waals surface area contributed by atoms with E-state index in [1.165, 1.54) is 12.8 Å². The Morgan fingerprint density at radius 2 is 2.21 bits per heavy atom. The molecule has 2 saturated heterocycles. The summed E-state index contributed by atoms with van der Waals surface area (Å²) in [4.78, 5) is 16.0. The molecular formula is C14H24N2O3. The summed E-state index contributed by atoms with van der Waals surface area (Å²) >= 11 is 0. The van der Waals surface area contributed by atoms with Gasteiger partial charge in [-0.3, -0.25) is 9.69 Å². The number of aliphatic carboxylic acids is 1. The summed E-state index contributed by atoms with van der Waals surface area (Å²) in [6, 6.07) is -0.275. The number of carboxylic acid groups (broad SMARTS) is 1. The lowest BCUT2D eigenvalue weighted by atomic mass is 9.94. The Balaban J connectivity index is 1.64. The van der Waals surface area contributed by atoms with E-state index in [4.69, 9.17) is 4.74 Å². The lowest BCUT2D eigenvalue weighted by Crippen LogP contribution is -2.49. The number of carboxylic acids is 1. The summed E-state index contributed by atoms with van der Waals surface area (Å²) in [5, 5.41) is 9.52. The van der Waals surface area contributed by atoms with Crippen LogP contribution in [0.4, 0.5) is 0 Å². The number of nitrogens with zero attached hydrogens (tertiary/aromatic N) is 2.